The molecule has 1 spiro atoms. The van der Waals surface area contributed by atoms with Crippen LogP contribution in [-0.4, -0.2) is 57.4 Å². The van der Waals surface area contributed by atoms with Crippen molar-refractivity contribution in [2.45, 2.75) is 62.2 Å². The van der Waals surface area contributed by atoms with E-state index in [4.69, 9.17) is 9.47 Å². The number of benzene rings is 2. The predicted molar refractivity (Wildman–Crippen MR) is 132 cm³/mol. The maximum atomic E-state index is 12.9. The molecule has 2 bridgehead atoms. The van der Waals surface area contributed by atoms with Crippen LogP contribution >= 0.6 is 0 Å². The Morgan fingerprint density at radius 3 is 2.94 bits per heavy atom. The van der Waals surface area contributed by atoms with Crippen molar-refractivity contribution in [1.29, 1.82) is 0 Å². The highest BCUT2D eigenvalue weighted by atomic mass is 16.5. The number of aromatic amines is 1. The van der Waals surface area contributed by atoms with Gasteiger partial charge < -0.3 is 24.7 Å². The number of esters is 1. The Hall–Kier alpha value is -3.03. The molecule has 0 unspecified atom stereocenters. The van der Waals surface area contributed by atoms with Gasteiger partial charge in [-0.1, -0.05) is 12.1 Å². The average molecular weight is 487 g/mol. The van der Waals surface area contributed by atoms with Crippen LogP contribution in [0.1, 0.15) is 65.0 Å². The number of aromatic hydroxyl groups is 1. The topological polar surface area (TPSA) is 95.0 Å². The average Bonchev–Trinajstić information content (AvgIpc) is 3.50. The molecule has 7 heteroatoms. The van der Waals surface area contributed by atoms with E-state index in [9.17, 15) is 15.0 Å². The number of nitrogens with one attached hydrogen (secondary N) is 1. The summed E-state index contributed by atoms with van der Waals surface area (Å²) in [6, 6.07) is 9.37. The molecule has 36 heavy (non-hydrogen) atoms. The van der Waals surface area contributed by atoms with Crippen LogP contribution in [0.25, 0.3) is 10.9 Å². The maximum absolute atomic E-state index is 12.9. The first-order valence-corrected chi connectivity index (χ1v) is 13.2. The lowest BCUT2D eigenvalue weighted by atomic mass is 9.49. The van der Waals surface area contributed by atoms with Gasteiger partial charge in [0, 0.05) is 35.5 Å². The lowest BCUT2D eigenvalue weighted by molar-refractivity contribution is -0.173. The number of phenolic OH excluding ortho intramolecular Hbond substituents is 1. The first kappa shape index (κ1) is 21.1. The SMILES string of the molecule is CCOC(=O)c1ccc2c3c([nH]c2c1)[C@@H]1Oc2c(O)ccc4c2[C@@]12CCN(CC1CC1)[C@H](C4)[C@]2(O)C3. The van der Waals surface area contributed by atoms with E-state index in [2.05, 4.69) is 9.88 Å². The van der Waals surface area contributed by atoms with Gasteiger partial charge in [-0.05, 0) is 74.4 Å². The second-order valence-electron chi connectivity index (χ2n) is 11.4. The van der Waals surface area contributed by atoms with Crippen LogP contribution in [0.2, 0.25) is 0 Å². The van der Waals surface area contributed by atoms with Gasteiger partial charge in [0.1, 0.15) is 0 Å². The summed E-state index contributed by atoms with van der Waals surface area (Å²) in [6.45, 7) is 4.08. The number of carbonyl (C=O) groups excluding carboxylic acids is 1. The summed E-state index contributed by atoms with van der Waals surface area (Å²) in [7, 11) is 0. The van der Waals surface area contributed by atoms with E-state index in [1.54, 1.807) is 19.1 Å². The molecule has 0 radical (unpaired) electrons. The number of hydrogen-bond acceptors (Lipinski definition) is 6. The molecular formula is C29H30N2O5. The lowest BCUT2D eigenvalue weighted by Gasteiger charge is -2.62. The van der Waals surface area contributed by atoms with Crippen LogP contribution in [-0.2, 0) is 23.0 Å². The van der Waals surface area contributed by atoms with Gasteiger partial charge in [-0.15, -0.1) is 0 Å². The first-order chi connectivity index (χ1) is 17.4. The number of likely N-dealkylation sites (tertiary alicyclic amines) is 1. The number of rotatable bonds is 4. The van der Waals surface area contributed by atoms with Crippen molar-refractivity contribution in [2.24, 2.45) is 5.92 Å². The molecule has 7 nitrogen and oxygen atoms in total. The third-order valence-electron chi connectivity index (χ3n) is 9.67. The molecule has 3 N–H and O–H groups in total. The number of ether oxygens (including phenoxy) is 2. The number of nitrogens with zero attached hydrogens (tertiary/aromatic N) is 1. The Bertz CT molecular complexity index is 1460. The molecule has 2 fully saturated rings. The van der Waals surface area contributed by atoms with E-state index < -0.39 is 17.1 Å². The van der Waals surface area contributed by atoms with Gasteiger partial charge in [0.05, 0.1) is 28.9 Å². The number of carbonyl (C=O) groups is 1. The minimum Gasteiger partial charge on any atom is -0.504 e. The van der Waals surface area contributed by atoms with Crippen molar-refractivity contribution in [3.8, 4) is 11.5 Å². The van der Waals surface area contributed by atoms with E-state index in [1.807, 2.05) is 18.2 Å². The van der Waals surface area contributed by atoms with Crippen LogP contribution < -0.4 is 4.74 Å². The summed E-state index contributed by atoms with van der Waals surface area (Å²) < 4.78 is 11.8. The predicted octanol–water partition coefficient (Wildman–Crippen LogP) is 3.75. The van der Waals surface area contributed by atoms with Gasteiger partial charge in [0.2, 0.25) is 0 Å². The molecule has 186 valence electrons. The van der Waals surface area contributed by atoms with Gasteiger partial charge in [-0.25, -0.2) is 4.79 Å². The zero-order valence-electron chi connectivity index (χ0n) is 20.3. The fraction of sp³-hybridized carbons (Fsp3) is 0.483. The van der Waals surface area contributed by atoms with Crippen molar-refractivity contribution in [1.82, 2.24) is 9.88 Å². The zero-order valence-corrected chi connectivity index (χ0v) is 20.3. The monoisotopic (exact) mass is 486 g/mol. The molecule has 1 saturated heterocycles. The summed E-state index contributed by atoms with van der Waals surface area (Å²) in [5.74, 6) is 1.07. The summed E-state index contributed by atoms with van der Waals surface area (Å²) in [6.07, 6.45) is 4.20. The van der Waals surface area contributed by atoms with E-state index >= 15 is 0 Å². The molecule has 3 aliphatic carbocycles. The summed E-state index contributed by atoms with van der Waals surface area (Å²) in [4.78, 5) is 18.5. The summed E-state index contributed by atoms with van der Waals surface area (Å²) >= 11 is 0. The molecule has 5 aliphatic rings. The first-order valence-electron chi connectivity index (χ1n) is 13.2. The summed E-state index contributed by atoms with van der Waals surface area (Å²) in [5.41, 5.74) is 3.92. The van der Waals surface area contributed by atoms with Crippen LogP contribution in [0.15, 0.2) is 30.3 Å². The molecule has 1 aromatic heterocycles. The van der Waals surface area contributed by atoms with Crippen molar-refractivity contribution < 1.29 is 24.5 Å². The molecule has 3 aromatic rings. The Balaban J connectivity index is 1.34. The number of piperidine rings is 1. The summed E-state index contributed by atoms with van der Waals surface area (Å²) in [5, 5.41) is 24.7. The van der Waals surface area contributed by atoms with Crippen molar-refractivity contribution in [3.63, 3.8) is 0 Å². The van der Waals surface area contributed by atoms with Gasteiger partial charge in [-0.2, -0.15) is 0 Å². The highest BCUT2D eigenvalue weighted by Gasteiger charge is 2.72. The third-order valence-corrected chi connectivity index (χ3v) is 9.67. The van der Waals surface area contributed by atoms with Crippen LogP contribution in [0, 0.1) is 5.92 Å². The largest absolute Gasteiger partial charge is 0.504 e. The zero-order chi connectivity index (χ0) is 24.4. The van der Waals surface area contributed by atoms with E-state index in [1.165, 1.54) is 18.4 Å². The standard InChI is InChI=1S/C29H30N2O5/c1-2-35-27(33)17-5-7-18-19-13-29(34)22-12-16-6-8-21(32)25-23(16)28(29,9-10-31(22)14-15-3-4-15)26(36-25)24(19)30-20(18)11-17/h5-8,11,15,22,26,30,32,34H,2-4,9-10,12-14H2,1H3/t22-,26+,28+,29-/m1/s1. The number of aliphatic hydroxyl groups is 1. The highest BCUT2D eigenvalue weighted by molar-refractivity contribution is 5.96. The van der Waals surface area contributed by atoms with Crippen molar-refractivity contribution in [2.75, 3.05) is 19.7 Å². The Morgan fingerprint density at radius 1 is 1.28 bits per heavy atom. The van der Waals surface area contributed by atoms with E-state index in [-0.39, 0.29) is 17.8 Å². The molecule has 2 aromatic carbocycles. The Morgan fingerprint density at radius 2 is 2.14 bits per heavy atom. The van der Waals surface area contributed by atoms with Gasteiger partial charge in [-0.3, -0.25) is 4.90 Å². The van der Waals surface area contributed by atoms with Gasteiger partial charge in [0.25, 0.3) is 0 Å². The van der Waals surface area contributed by atoms with Gasteiger partial charge in [0.15, 0.2) is 17.6 Å². The molecular weight excluding hydrogens is 456 g/mol. The number of phenols is 1. The molecule has 1 saturated carbocycles. The maximum Gasteiger partial charge on any atom is 0.338 e. The third kappa shape index (κ3) is 2.43. The molecule has 4 atom stereocenters. The molecule has 2 aliphatic heterocycles. The number of H-pyrrole nitrogens is 1. The Labute approximate surface area is 209 Å². The van der Waals surface area contributed by atoms with E-state index in [0.29, 0.717) is 24.3 Å². The lowest BCUT2D eigenvalue weighted by Crippen LogP contribution is -2.74. The number of aromatic nitrogens is 1. The van der Waals surface area contributed by atoms with E-state index in [0.717, 1.165) is 59.6 Å². The second-order valence-corrected chi connectivity index (χ2v) is 11.4. The molecule has 0 amide bonds. The Kier molecular flexibility index (Phi) is 4.01. The van der Waals surface area contributed by atoms with Crippen LogP contribution in [0.4, 0.5) is 0 Å². The van der Waals surface area contributed by atoms with Crippen LogP contribution in [0.3, 0.4) is 0 Å². The smallest absolute Gasteiger partial charge is 0.338 e. The van der Waals surface area contributed by atoms with Crippen LogP contribution in [0.5, 0.6) is 11.5 Å². The highest BCUT2D eigenvalue weighted by Crippen LogP contribution is 2.69. The van der Waals surface area contributed by atoms with Crippen molar-refractivity contribution >= 4 is 16.9 Å². The minimum atomic E-state index is -1.02. The number of hydrogen-bond donors (Lipinski definition) is 3. The fourth-order valence-electron chi connectivity index (χ4n) is 7.97. The quantitative estimate of drug-likeness (QED) is 0.487. The second kappa shape index (κ2) is 6.84. The van der Waals surface area contributed by atoms with Gasteiger partial charge >= 0.3 is 5.97 Å². The minimum absolute atomic E-state index is 0.00199. The van der Waals surface area contributed by atoms with Crippen molar-refractivity contribution in [3.05, 3.63) is 58.3 Å². The number of fused-ring (bicyclic) bond motifs is 4. The molecule has 3 heterocycles. The normalized spacial score (nSPS) is 31.6. The fourth-order valence-corrected chi connectivity index (χ4v) is 7.97. The molecule has 8 rings (SSSR count).